The van der Waals surface area contributed by atoms with Crippen molar-refractivity contribution in [3.05, 3.63) is 65.4 Å². The van der Waals surface area contributed by atoms with Crippen LogP contribution in [0.25, 0.3) is 5.57 Å². The van der Waals surface area contributed by atoms with E-state index in [0.717, 1.165) is 29.0 Å². The molecule has 1 fully saturated rings. The Hall–Kier alpha value is -3.32. The second-order valence-corrected chi connectivity index (χ2v) is 8.06. The lowest BCUT2D eigenvalue weighted by molar-refractivity contribution is -0.137. The maximum Gasteiger partial charge on any atom is 0.277 e. The smallest absolute Gasteiger partial charge is 0.277 e. The van der Waals surface area contributed by atoms with Gasteiger partial charge in [0.25, 0.3) is 11.8 Å². The first-order valence-corrected chi connectivity index (χ1v) is 11.4. The monoisotopic (exact) mass is 450 g/mol. The summed E-state index contributed by atoms with van der Waals surface area (Å²) in [6.07, 6.45) is 1.50. The van der Waals surface area contributed by atoms with Crippen molar-refractivity contribution in [2.75, 3.05) is 46.6 Å². The largest absolute Gasteiger partial charge is 0.497 e. The minimum atomic E-state index is -0.253. The zero-order valence-electron chi connectivity index (χ0n) is 19.2. The first kappa shape index (κ1) is 22.9. The normalized spacial score (nSPS) is 16.5. The lowest BCUT2D eigenvalue weighted by Crippen LogP contribution is -2.40. The topological polar surface area (TPSA) is 68.3 Å². The van der Waals surface area contributed by atoms with E-state index in [0.29, 0.717) is 57.1 Å². The Kier molecular flexibility index (Phi) is 7.29. The van der Waals surface area contributed by atoms with Crippen molar-refractivity contribution in [2.45, 2.75) is 19.8 Å². The summed E-state index contributed by atoms with van der Waals surface area (Å²) in [5, 5.41) is 0. The average molecular weight is 451 g/mol. The minimum absolute atomic E-state index is 0.239. The minimum Gasteiger partial charge on any atom is -0.497 e. The summed E-state index contributed by atoms with van der Waals surface area (Å²) in [5.41, 5.74) is 2.69. The van der Waals surface area contributed by atoms with Gasteiger partial charge in [-0.05, 0) is 48.2 Å². The predicted molar refractivity (Wildman–Crippen MR) is 125 cm³/mol. The van der Waals surface area contributed by atoms with Crippen LogP contribution in [-0.4, -0.2) is 68.2 Å². The number of morpholine rings is 1. The van der Waals surface area contributed by atoms with Gasteiger partial charge in [-0.15, -0.1) is 0 Å². The van der Waals surface area contributed by atoms with E-state index in [1.54, 1.807) is 7.11 Å². The van der Waals surface area contributed by atoms with E-state index in [9.17, 15) is 9.59 Å². The first-order chi connectivity index (χ1) is 16.1. The van der Waals surface area contributed by atoms with Gasteiger partial charge < -0.3 is 19.1 Å². The summed E-state index contributed by atoms with van der Waals surface area (Å²) in [6, 6.07) is 15.1. The molecule has 4 rings (SSSR count). The van der Waals surface area contributed by atoms with E-state index in [1.165, 1.54) is 4.90 Å². The van der Waals surface area contributed by atoms with Gasteiger partial charge in [0.1, 0.15) is 17.2 Å². The molecule has 2 heterocycles. The van der Waals surface area contributed by atoms with Crippen molar-refractivity contribution < 1.29 is 23.8 Å². The van der Waals surface area contributed by atoms with Crippen LogP contribution in [0.5, 0.6) is 11.5 Å². The molecule has 0 spiro atoms. The van der Waals surface area contributed by atoms with E-state index in [-0.39, 0.29) is 11.8 Å². The fraction of sp³-hybridized carbons (Fsp3) is 0.385. The average Bonchev–Trinajstić information content (AvgIpc) is 3.11. The lowest BCUT2D eigenvalue weighted by Gasteiger charge is -2.29. The summed E-state index contributed by atoms with van der Waals surface area (Å²) in [7, 11) is 1.62. The number of methoxy groups -OCH3 is 1. The van der Waals surface area contributed by atoms with Crippen molar-refractivity contribution in [1.82, 2.24) is 9.80 Å². The molecule has 0 aromatic heterocycles. The van der Waals surface area contributed by atoms with E-state index in [4.69, 9.17) is 14.2 Å². The molecule has 7 nitrogen and oxygen atoms in total. The molecular weight excluding hydrogens is 420 g/mol. The zero-order chi connectivity index (χ0) is 23.2. The number of hydrogen-bond donors (Lipinski definition) is 0. The summed E-state index contributed by atoms with van der Waals surface area (Å²) in [5.74, 6) is 1.04. The Morgan fingerprint density at radius 3 is 2.21 bits per heavy atom. The lowest BCUT2D eigenvalue weighted by atomic mass is 10.0. The molecule has 0 radical (unpaired) electrons. The summed E-state index contributed by atoms with van der Waals surface area (Å²) < 4.78 is 16.3. The number of carbonyl (C=O) groups is 2. The Balaban J connectivity index is 1.58. The molecule has 1 saturated heterocycles. The van der Waals surface area contributed by atoms with Crippen molar-refractivity contribution in [3.63, 3.8) is 0 Å². The van der Waals surface area contributed by atoms with Gasteiger partial charge >= 0.3 is 0 Å². The van der Waals surface area contributed by atoms with Gasteiger partial charge in [0.05, 0.1) is 32.5 Å². The van der Waals surface area contributed by atoms with E-state index < -0.39 is 0 Å². The number of nitrogens with zero attached hydrogens (tertiary/aromatic N) is 2. The van der Waals surface area contributed by atoms with Crippen molar-refractivity contribution >= 4 is 17.4 Å². The fourth-order valence-corrected chi connectivity index (χ4v) is 4.08. The third kappa shape index (κ3) is 5.03. The number of rotatable bonds is 9. The van der Waals surface area contributed by atoms with Crippen LogP contribution in [0.2, 0.25) is 0 Å². The van der Waals surface area contributed by atoms with Crippen molar-refractivity contribution in [1.29, 1.82) is 0 Å². The second-order valence-electron chi connectivity index (χ2n) is 8.06. The number of benzene rings is 2. The van der Waals surface area contributed by atoms with Crippen LogP contribution in [-0.2, 0) is 20.7 Å². The van der Waals surface area contributed by atoms with Gasteiger partial charge in [-0.1, -0.05) is 31.2 Å². The quantitative estimate of drug-likeness (QED) is 0.547. The van der Waals surface area contributed by atoms with Crippen LogP contribution in [0.3, 0.4) is 0 Å². The zero-order valence-corrected chi connectivity index (χ0v) is 19.2. The molecule has 174 valence electrons. The van der Waals surface area contributed by atoms with E-state index in [2.05, 4.69) is 6.92 Å². The van der Waals surface area contributed by atoms with Crippen LogP contribution in [0.1, 0.15) is 24.5 Å². The highest BCUT2D eigenvalue weighted by Gasteiger charge is 2.41. The molecule has 2 aliphatic rings. The molecule has 2 aliphatic heterocycles. The molecule has 0 aliphatic carbocycles. The van der Waals surface area contributed by atoms with Gasteiger partial charge in [-0.3, -0.25) is 14.5 Å². The fourth-order valence-electron chi connectivity index (χ4n) is 4.08. The van der Waals surface area contributed by atoms with Crippen molar-refractivity contribution in [3.8, 4) is 11.5 Å². The van der Waals surface area contributed by atoms with Gasteiger partial charge in [-0.2, -0.15) is 0 Å². The van der Waals surface area contributed by atoms with Gasteiger partial charge in [0, 0.05) is 19.6 Å². The molecule has 2 aromatic carbocycles. The third-order valence-corrected chi connectivity index (χ3v) is 5.87. The Morgan fingerprint density at radius 2 is 1.58 bits per heavy atom. The highest BCUT2D eigenvalue weighted by molar-refractivity contribution is 6.35. The van der Waals surface area contributed by atoms with Gasteiger partial charge in [0.2, 0.25) is 0 Å². The van der Waals surface area contributed by atoms with Crippen LogP contribution in [0.4, 0.5) is 0 Å². The van der Waals surface area contributed by atoms with Crippen LogP contribution in [0, 0.1) is 0 Å². The van der Waals surface area contributed by atoms with E-state index >= 15 is 0 Å². The maximum atomic E-state index is 13.5. The van der Waals surface area contributed by atoms with Crippen LogP contribution >= 0.6 is 0 Å². The summed E-state index contributed by atoms with van der Waals surface area (Å²) in [4.78, 5) is 30.3. The maximum absolute atomic E-state index is 13.5. The predicted octanol–water partition coefficient (Wildman–Crippen LogP) is 3.14. The molecule has 0 atom stereocenters. The van der Waals surface area contributed by atoms with Gasteiger partial charge in [-0.25, -0.2) is 0 Å². The summed E-state index contributed by atoms with van der Waals surface area (Å²) in [6.45, 7) is 5.25. The number of ether oxygens (including phenoxy) is 3. The first-order valence-electron chi connectivity index (χ1n) is 11.4. The third-order valence-electron chi connectivity index (χ3n) is 5.87. The SMILES string of the molecule is CCCOc1ccc(C2=C(N3CCOCC3)C(=O)N(CCc3ccc(OC)cc3)C2=O)cc1. The number of imide groups is 1. The molecule has 7 heteroatoms. The number of amides is 2. The van der Waals surface area contributed by atoms with Crippen molar-refractivity contribution in [2.24, 2.45) is 0 Å². The molecule has 0 N–H and O–H groups in total. The Labute approximate surface area is 194 Å². The van der Waals surface area contributed by atoms with Gasteiger partial charge in [0.15, 0.2) is 0 Å². The Bertz CT molecular complexity index is 1010. The molecule has 0 bridgehead atoms. The molecule has 0 saturated carbocycles. The molecule has 2 aromatic rings. The molecule has 0 unspecified atom stereocenters. The van der Waals surface area contributed by atoms with Crippen LogP contribution < -0.4 is 9.47 Å². The molecular formula is C26H30N2O5. The highest BCUT2D eigenvalue weighted by atomic mass is 16.5. The Morgan fingerprint density at radius 1 is 0.909 bits per heavy atom. The standard InChI is InChI=1S/C26H30N2O5/c1-3-16-33-22-10-6-20(7-11-22)23-24(27-14-17-32-18-15-27)26(30)28(25(23)29)13-12-19-4-8-21(31-2)9-5-19/h4-11H,3,12-18H2,1-2H3. The highest BCUT2D eigenvalue weighted by Crippen LogP contribution is 2.33. The van der Waals surface area contributed by atoms with E-state index in [1.807, 2.05) is 53.4 Å². The number of carbonyl (C=O) groups excluding carboxylic acids is 2. The molecule has 33 heavy (non-hydrogen) atoms. The van der Waals surface area contributed by atoms with Crippen LogP contribution in [0.15, 0.2) is 54.2 Å². The number of hydrogen-bond acceptors (Lipinski definition) is 6. The molecule has 2 amide bonds. The second kappa shape index (κ2) is 10.5. The summed E-state index contributed by atoms with van der Waals surface area (Å²) >= 11 is 0.